The number of rotatable bonds is 4. The predicted molar refractivity (Wildman–Crippen MR) is 68.8 cm³/mol. The van der Waals surface area contributed by atoms with Crippen molar-refractivity contribution in [2.75, 3.05) is 12.3 Å². The lowest BCUT2D eigenvalue weighted by molar-refractivity contribution is 0.299. The van der Waals surface area contributed by atoms with Crippen molar-refractivity contribution >= 4 is 17.5 Å². The number of nitrogens with zero attached hydrogens (tertiary/aromatic N) is 2. The quantitative estimate of drug-likeness (QED) is 0.884. The predicted octanol–water partition coefficient (Wildman–Crippen LogP) is 2.04. The molecule has 0 aliphatic carbocycles. The Labute approximate surface area is 109 Å². The molecule has 1 aromatic carbocycles. The number of nitrogens with two attached hydrogens (primary N) is 1. The maximum Gasteiger partial charge on any atom is 0.243 e. The van der Waals surface area contributed by atoms with Crippen LogP contribution >= 0.6 is 11.6 Å². The van der Waals surface area contributed by atoms with E-state index in [1.807, 2.05) is 12.1 Å². The molecule has 2 rings (SSSR count). The molecular formula is C12H12ClN3O2. The van der Waals surface area contributed by atoms with Gasteiger partial charge in [-0.05, 0) is 24.1 Å². The fourth-order valence-electron chi connectivity index (χ4n) is 1.40. The molecule has 5 nitrogen and oxygen atoms in total. The zero-order valence-electron chi connectivity index (χ0n) is 9.51. The van der Waals surface area contributed by atoms with E-state index in [2.05, 4.69) is 9.97 Å². The molecule has 0 spiro atoms. The van der Waals surface area contributed by atoms with Crippen LogP contribution in [0, 0.1) is 0 Å². The summed E-state index contributed by atoms with van der Waals surface area (Å²) in [4.78, 5) is 7.65. The number of anilines is 1. The molecule has 0 atom stereocenters. The third kappa shape index (κ3) is 3.09. The maximum atomic E-state index is 8.81. The Morgan fingerprint density at radius 3 is 2.67 bits per heavy atom. The largest absolute Gasteiger partial charge is 0.437 e. The van der Waals surface area contributed by atoms with E-state index in [1.54, 1.807) is 12.1 Å². The number of aromatic nitrogens is 2. The smallest absolute Gasteiger partial charge is 0.243 e. The first-order valence-electron chi connectivity index (χ1n) is 5.34. The minimum atomic E-state index is 0.103. The van der Waals surface area contributed by atoms with Gasteiger partial charge in [-0.25, -0.2) is 4.98 Å². The molecule has 2 aromatic rings. The molecule has 0 bridgehead atoms. The highest BCUT2D eigenvalue weighted by Crippen LogP contribution is 2.27. The van der Waals surface area contributed by atoms with Gasteiger partial charge in [-0.15, -0.1) is 0 Å². The van der Waals surface area contributed by atoms with Gasteiger partial charge in [0.05, 0.1) is 6.20 Å². The van der Waals surface area contributed by atoms with Gasteiger partial charge < -0.3 is 15.6 Å². The van der Waals surface area contributed by atoms with Gasteiger partial charge in [0, 0.05) is 6.61 Å². The minimum Gasteiger partial charge on any atom is -0.437 e. The third-order valence-electron chi connectivity index (χ3n) is 2.27. The second-order valence-corrected chi connectivity index (χ2v) is 4.01. The van der Waals surface area contributed by atoms with Crippen LogP contribution in [0.3, 0.4) is 0 Å². The molecule has 0 saturated heterocycles. The third-order valence-corrected chi connectivity index (χ3v) is 2.53. The van der Waals surface area contributed by atoms with E-state index in [4.69, 9.17) is 27.2 Å². The van der Waals surface area contributed by atoms with Gasteiger partial charge in [0.25, 0.3) is 0 Å². The molecule has 0 aliphatic rings. The molecule has 0 saturated carbocycles. The van der Waals surface area contributed by atoms with Gasteiger partial charge in [-0.3, -0.25) is 0 Å². The molecule has 0 fully saturated rings. The summed E-state index contributed by atoms with van der Waals surface area (Å²) in [5, 5.41) is 9.11. The first-order valence-corrected chi connectivity index (χ1v) is 5.72. The van der Waals surface area contributed by atoms with Crippen molar-refractivity contribution in [2.24, 2.45) is 0 Å². The minimum absolute atomic E-state index is 0.103. The van der Waals surface area contributed by atoms with Crippen LogP contribution < -0.4 is 10.5 Å². The summed E-state index contributed by atoms with van der Waals surface area (Å²) in [6.45, 7) is 0.120. The lowest BCUT2D eigenvalue weighted by Gasteiger charge is -2.07. The van der Waals surface area contributed by atoms with Crippen LogP contribution in [0.4, 0.5) is 5.95 Å². The van der Waals surface area contributed by atoms with E-state index >= 15 is 0 Å². The van der Waals surface area contributed by atoms with Gasteiger partial charge in [-0.1, -0.05) is 23.7 Å². The summed E-state index contributed by atoms with van der Waals surface area (Å²) in [6, 6.07) is 7.28. The van der Waals surface area contributed by atoms with Crippen molar-refractivity contribution < 1.29 is 9.84 Å². The molecule has 0 unspecified atom stereocenters. The van der Waals surface area contributed by atoms with Crippen LogP contribution in [0.1, 0.15) is 5.56 Å². The highest BCUT2D eigenvalue weighted by Gasteiger charge is 2.06. The average molecular weight is 266 g/mol. The Morgan fingerprint density at radius 1 is 1.28 bits per heavy atom. The highest BCUT2D eigenvalue weighted by atomic mass is 35.5. The molecule has 94 valence electrons. The number of ether oxygens (including phenoxy) is 1. The Balaban J connectivity index is 2.15. The number of nitrogen functional groups attached to an aromatic ring is 1. The first kappa shape index (κ1) is 12.6. The topological polar surface area (TPSA) is 81.3 Å². The lowest BCUT2D eigenvalue weighted by atomic mass is 10.1. The van der Waals surface area contributed by atoms with Crippen molar-refractivity contribution in [3.8, 4) is 11.6 Å². The SMILES string of the molecule is Nc1ncc(Cl)c(Oc2ccc(CCO)cc2)n1. The van der Waals surface area contributed by atoms with Gasteiger partial charge in [0.15, 0.2) is 0 Å². The zero-order valence-corrected chi connectivity index (χ0v) is 10.3. The molecule has 3 N–H and O–H groups in total. The van der Waals surface area contributed by atoms with Crippen molar-refractivity contribution in [3.63, 3.8) is 0 Å². The Morgan fingerprint density at radius 2 is 2.00 bits per heavy atom. The monoisotopic (exact) mass is 265 g/mol. The average Bonchev–Trinajstić information content (AvgIpc) is 2.37. The summed E-state index contributed by atoms with van der Waals surface area (Å²) in [5.41, 5.74) is 6.48. The second-order valence-electron chi connectivity index (χ2n) is 3.60. The van der Waals surface area contributed by atoms with E-state index in [1.165, 1.54) is 6.20 Å². The van der Waals surface area contributed by atoms with Crippen LogP contribution in [0.2, 0.25) is 5.02 Å². The summed E-state index contributed by atoms with van der Waals surface area (Å²) in [5.74, 6) is 0.919. The zero-order chi connectivity index (χ0) is 13.0. The standard InChI is InChI=1S/C12H12ClN3O2/c13-10-7-15-12(14)16-11(10)18-9-3-1-8(2-4-9)5-6-17/h1-4,7,17H,5-6H2,(H2,14,15,16). The molecule has 1 aromatic heterocycles. The molecule has 0 radical (unpaired) electrons. The van der Waals surface area contributed by atoms with Gasteiger partial charge in [0.1, 0.15) is 10.8 Å². The van der Waals surface area contributed by atoms with Crippen LogP contribution in [0.5, 0.6) is 11.6 Å². The highest BCUT2D eigenvalue weighted by molar-refractivity contribution is 6.31. The summed E-state index contributed by atoms with van der Waals surface area (Å²) < 4.78 is 5.50. The number of halogens is 1. The fourth-order valence-corrected chi connectivity index (χ4v) is 1.53. The summed E-state index contributed by atoms with van der Waals surface area (Å²) in [6.07, 6.45) is 2.00. The van der Waals surface area contributed by atoms with Gasteiger partial charge >= 0.3 is 0 Å². The van der Waals surface area contributed by atoms with E-state index in [-0.39, 0.29) is 18.4 Å². The van der Waals surface area contributed by atoms with E-state index in [0.717, 1.165) is 5.56 Å². The molecular weight excluding hydrogens is 254 g/mol. The normalized spacial score (nSPS) is 10.3. The molecule has 6 heteroatoms. The van der Waals surface area contributed by atoms with Crippen molar-refractivity contribution in [1.29, 1.82) is 0 Å². The van der Waals surface area contributed by atoms with Crippen LogP contribution in [-0.4, -0.2) is 21.7 Å². The Kier molecular flexibility index (Phi) is 3.96. The number of aliphatic hydroxyl groups is 1. The van der Waals surface area contributed by atoms with Crippen LogP contribution in [0.15, 0.2) is 30.5 Å². The van der Waals surface area contributed by atoms with E-state index in [0.29, 0.717) is 17.2 Å². The number of hydrogen-bond acceptors (Lipinski definition) is 5. The number of benzene rings is 1. The maximum absolute atomic E-state index is 8.81. The van der Waals surface area contributed by atoms with Crippen LogP contribution in [0.25, 0.3) is 0 Å². The van der Waals surface area contributed by atoms with Gasteiger partial charge in [-0.2, -0.15) is 4.98 Å². The lowest BCUT2D eigenvalue weighted by Crippen LogP contribution is -1.97. The Bertz CT molecular complexity index is 531. The second kappa shape index (κ2) is 5.66. The fraction of sp³-hybridized carbons (Fsp3) is 0.167. The van der Waals surface area contributed by atoms with E-state index in [9.17, 15) is 0 Å². The summed E-state index contributed by atoms with van der Waals surface area (Å²) >= 11 is 5.89. The van der Waals surface area contributed by atoms with Crippen molar-refractivity contribution in [1.82, 2.24) is 9.97 Å². The van der Waals surface area contributed by atoms with E-state index < -0.39 is 0 Å². The van der Waals surface area contributed by atoms with Crippen molar-refractivity contribution in [3.05, 3.63) is 41.0 Å². The van der Waals surface area contributed by atoms with Crippen LogP contribution in [-0.2, 0) is 6.42 Å². The number of aliphatic hydroxyl groups excluding tert-OH is 1. The Hall–Kier alpha value is -1.85. The molecule has 0 aliphatic heterocycles. The summed E-state index contributed by atoms with van der Waals surface area (Å²) in [7, 11) is 0. The van der Waals surface area contributed by atoms with Crippen molar-refractivity contribution in [2.45, 2.75) is 6.42 Å². The van der Waals surface area contributed by atoms with Gasteiger partial charge in [0.2, 0.25) is 11.8 Å². The number of hydrogen-bond donors (Lipinski definition) is 2. The first-order chi connectivity index (χ1) is 8.69. The molecule has 18 heavy (non-hydrogen) atoms. The molecule has 1 heterocycles. The molecule has 0 amide bonds.